The van der Waals surface area contributed by atoms with Gasteiger partial charge in [-0.05, 0) is 12.1 Å². The van der Waals surface area contributed by atoms with Gasteiger partial charge in [-0.2, -0.15) is 4.98 Å². The van der Waals surface area contributed by atoms with Crippen LogP contribution in [-0.2, 0) is 18.0 Å². The monoisotopic (exact) mass is 330 g/mol. The number of ether oxygens (including phenoxy) is 2. The highest BCUT2D eigenvalue weighted by Gasteiger charge is 2.28. The van der Waals surface area contributed by atoms with Crippen LogP contribution in [0.3, 0.4) is 0 Å². The van der Waals surface area contributed by atoms with Gasteiger partial charge < -0.3 is 19.7 Å². The van der Waals surface area contributed by atoms with E-state index >= 15 is 0 Å². The van der Waals surface area contributed by atoms with Gasteiger partial charge in [0.1, 0.15) is 18.2 Å². The number of hydrogen-bond donors (Lipinski definition) is 1. The van der Waals surface area contributed by atoms with E-state index in [4.69, 9.17) is 9.47 Å². The van der Waals surface area contributed by atoms with Crippen molar-refractivity contribution in [3.63, 3.8) is 0 Å². The summed E-state index contributed by atoms with van der Waals surface area (Å²) in [5, 5.41) is 3.38. The van der Waals surface area contributed by atoms with Crippen LogP contribution >= 0.6 is 0 Å². The molecule has 0 unspecified atom stereocenters. The molecule has 1 fully saturated rings. The zero-order chi connectivity index (χ0) is 16.4. The first-order valence-corrected chi connectivity index (χ1v) is 8.07. The molecular formula is C17H19FN4O2. The van der Waals surface area contributed by atoms with E-state index in [2.05, 4.69) is 20.2 Å². The molecular weight excluding hydrogens is 311 g/mol. The predicted molar refractivity (Wildman–Crippen MR) is 86.4 cm³/mol. The Bertz CT molecular complexity index is 727. The van der Waals surface area contributed by atoms with Crippen molar-refractivity contribution in [1.29, 1.82) is 0 Å². The molecule has 0 amide bonds. The Morgan fingerprint density at radius 1 is 1.38 bits per heavy atom. The van der Waals surface area contributed by atoms with Gasteiger partial charge in [-0.15, -0.1) is 0 Å². The van der Waals surface area contributed by atoms with Gasteiger partial charge >= 0.3 is 0 Å². The van der Waals surface area contributed by atoms with Crippen molar-refractivity contribution in [1.82, 2.24) is 15.3 Å². The fourth-order valence-corrected chi connectivity index (χ4v) is 3.07. The molecule has 0 saturated carbocycles. The van der Waals surface area contributed by atoms with Crippen LogP contribution in [0, 0.1) is 5.82 Å². The lowest BCUT2D eigenvalue weighted by molar-refractivity contribution is 0.109. The average Bonchev–Trinajstić information content (AvgIpc) is 2.80. The molecule has 4 rings (SSSR count). The minimum Gasteiger partial charge on any atom is -0.473 e. The predicted octanol–water partition coefficient (Wildman–Crippen LogP) is 1.50. The second-order valence-electron chi connectivity index (χ2n) is 5.95. The first-order valence-electron chi connectivity index (χ1n) is 8.07. The molecule has 0 aromatic carbocycles. The molecule has 0 radical (unpaired) electrons. The minimum atomic E-state index is -0.372. The summed E-state index contributed by atoms with van der Waals surface area (Å²) in [4.78, 5) is 10.7. The SMILES string of the molecule is Fc1cnccc1COc1ccc2c(n1)N1CCNC[C@@H]1COC2. The Hall–Kier alpha value is -2.25. The van der Waals surface area contributed by atoms with Gasteiger partial charge in [0.2, 0.25) is 5.88 Å². The van der Waals surface area contributed by atoms with E-state index in [1.807, 2.05) is 12.1 Å². The number of piperazine rings is 1. The third-order valence-electron chi connectivity index (χ3n) is 4.35. The van der Waals surface area contributed by atoms with E-state index in [1.54, 1.807) is 12.3 Å². The Morgan fingerprint density at radius 3 is 3.25 bits per heavy atom. The smallest absolute Gasteiger partial charge is 0.215 e. The molecule has 1 saturated heterocycles. The lowest BCUT2D eigenvalue weighted by Gasteiger charge is -2.35. The molecule has 1 N–H and O–H groups in total. The molecule has 24 heavy (non-hydrogen) atoms. The van der Waals surface area contributed by atoms with Crippen LogP contribution in [-0.4, -0.2) is 42.3 Å². The van der Waals surface area contributed by atoms with E-state index in [0.717, 1.165) is 31.0 Å². The van der Waals surface area contributed by atoms with Crippen molar-refractivity contribution in [2.75, 3.05) is 31.1 Å². The molecule has 0 spiro atoms. The second kappa shape index (κ2) is 6.70. The minimum absolute atomic E-state index is 0.127. The molecule has 4 heterocycles. The maximum absolute atomic E-state index is 13.6. The number of aromatic nitrogens is 2. The highest BCUT2D eigenvalue weighted by molar-refractivity contribution is 5.51. The molecule has 2 aliphatic rings. The summed E-state index contributed by atoms with van der Waals surface area (Å²) in [6.07, 6.45) is 2.74. The zero-order valence-corrected chi connectivity index (χ0v) is 13.2. The number of nitrogens with one attached hydrogen (secondary N) is 1. The van der Waals surface area contributed by atoms with E-state index < -0.39 is 0 Å². The average molecular weight is 330 g/mol. The van der Waals surface area contributed by atoms with Crippen LogP contribution in [0.4, 0.5) is 10.2 Å². The summed E-state index contributed by atoms with van der Waals surface area (Å²) in [6, 6.07) is 5.67. The summed E-state index contributed by atoms with van der Waals surface area (Å²) < 4.78 is 25.1. The molecule has 0 bridgehead atoms. The summed E-state index contributed by atoms with van der Waals surface area (Å²) in [5.41, 5.74) is 1.52. The van der Waals surface area contributed by atoms with Crippen LogP contribution in [0.2, 0.25) is 0 Å². The highest BCUT2D eigenvalue weighted by Crippen LogP contribution is 2.28. The first kappa shape index (κ1) is 15.3. The van der Waals surface area contributed by atoms with Crippen LogP contribution in [0.25, 0.3) is 0 Å². The van der Waals surface area contributed by atoms with Gasteiger partial charge in [0, 0.05) is 43.0 Å². The standard InChI is InChI=1S/C17H19FN4O2/c18-15-8-19-4-3-12(15)10-24-16-2-1-13-9-23-11-14-7-20-5-6-22(14)17(13)21-16/h1-4,8,14,20H,5-7,9-11H2/t14-/m1/s1. The number of hydrogen-bond acceptors (Lipinski definition) is 6. The zero-order valence-electron chi connectivity index (χ0n) is 13.2. The van der Waals surface area contributed by atoms with E-state index in [-0.39, 0.29) is 18.5 Å². The molecule has 2 aliphatic heterocycles. The van der Waals surface area contributed by atoms with Gasteiger partial charge in [0.15, 0.2) is 0 Å². The summed E-state index contributed by atoms with van der Waals surface area (Å²) in [7, 11) is 0. The Morgan fingerprint density at radius 2 is 2.33 bits per heavy atom. The van der Waals surface area contributed by atoms with Crippen molar-refractivity contribution in [3.8, 4) is 5.88 Å². The van der Waals surface area contributed by atoms with Crippen LogP contribution in [0.5, 0.6) is 5.88 Å². The number of rotatable bonds is 3. The lowest BCUT2D eigenvalue weighted by Crippen LogP contribution is -2.53. The molecule has 2 aromatic heterocycles. The molecule has 2 aromatic rings. The largest absolute Gasteiger partial charge is 0.473 e. The number of halogens is 1. The second-order valence-corrected chi connectivity index (χ2v) is 5.95. The maximum Gasteiger partial charge on any atom is 0.215 e. The topological polar surface area (TPSA) is 59.5 Å². The molecule has 7 heteroatoms. The fraction of sp³-hybridized carbons (Fsp3) is 0.412. The van der Waals surface area contributed by atoms with Gasteiger partial charge in [0.25, 0.3) is 0 Å². The maximum atomic E-state index is 13.6. The summed E-state index contributed by atoms with van der Waals surface area (Å²) in [6.45, 7) is 4.05. The van der Waals surface area contributed by atoms with Crippen molar-refractivity contribution in [3.05, 3.63) is 47.5 Å². The molecule has 6 nitrogen and oxygen atoms in total. The van der Waals surface area contributed by atoms with Crippen LogP contribution in [0.15, 0.2) is 30.6 Å². The lowest BCUT2D eigenvalue weighted by atomic mass is 10.2. The van der Waals surface area contributed by atoms with Gasteiger partial charge in [-0.1, -0.05) is 0 Å². The van der Waals surface area contributed by atoms with E-state index in [1.165, 1.54) is 6.20 Å². The Kier molecular flexibility index (Phi) is 4.27. The normalized spacial score (nSPS) is 20.0. The van der Waals surface area contributed by atoms with E-state index in [9.17, 15) is 4.39 Å². The molecule has 1 atom stereocenters. The Balaban J connectivity index is 1.56. The van der Waals surface area contributed by atoms with Crippen molar-refractivity contribution >= 4 is 5.82 Å². The van der Waals surface area contributed by atoms with Crippen molar-refractivity contribution in [2.24, 2.45) is 0 Å². The van der Waals surface area contributed by atoms with E-state index in [0.29, 0.717) is 24.7 Å². The quantitative estimate of drug-likeness (QED) is 0.920. The van der Waals surface area contributed by atoms with Gasteiger partial charge in [-0.25, -0.2) is 4.39 Å². The van der Waals surface area contributed by atoms with Gasteiger partial charge in [-0.3, -0.25) is 4.98 Å². The number of fused-ring (bicyclic) bond motifs is 3. The third-order valence-corrected chi connectivity index (χ3v) is 4.35. The van der Waals surface area contributed by atoms with Crippen molar-refractivity contribution in [2.45, 2.75) is 19.3 Å². The Labute approximate surface area is 139 Å². The first-order chi connectivity index (χ1) is 11.8. The van der Waals surface area contributed by atoms with Crippen molar-refractivity contribution < 1.29 is 13.9 Å². The van der Waals surface area contributed by atoms with Crippen LogP contribution in [0.1, 0.15) is 11.1 Å². The number of anilines is 1. The van der Waals surface area contributed by atoms with Crippen LogP contribution < -0.4 is 15.0 Å². The molecule has 126 valence electrons. The highest BCUT2D eigenvalue weighted by atomic mass is 19.1. The molecule has 0 aliphatic carbocycles. The summed E-state index contributed by atoms with van der Waals surface area (Å²) in [5.74, 6) is 1.03. The third kappa shape index (κ3) is 3.05. The fourth-order valence-electron chi connectivity index (χ4n) is 3.07. The number of pyridine rings is 2. The summed E-state index contributed by atoms with van der Waals surface area (Å²) >= 11 is 0. The number of nitrogens with zero attached hydrogens (tertiary/aromatic N) is 3. The van der Waals surface area contributed by atoms with Gasteiger partial charge in [0.05, 0.1) is 25.5 Å².